The fourth-order valence-electron chi connectivity index (χ4n) is 8.28. The molecule has 0 atom stereocenters. The molecule has 62 heavy (non-hydrogen) atoms. The molecule has 0 aliphatic heterocycles. The minimum Gasteiger partial charge on any atom is -0.311 e. The van der Waals surface area contributed by atoms with Crippen LogP contribution in [0.15, 0.2) is 267 Å². The zero-order valence-corrected chi connectivity index (χ0v) is 34.3. The smallest absolute Gasteiger partial charge is 0.0462 e. The molecule has 0 unspecified atom stereocenters. The zero-order valence-electron chi connectivity index (χ0n) is 34.3. The first-order valence-corrected chi connectivity index (χ1v) is 21.2. The molecule has 0 aliphatic carbocycles. The molecular weight excluding hydrogens is 749 g/mol. The molecular formula is C60H44N2. The van der Waals surface area contributed by atoms with Gasteiger partial charge in [-0.25, -0.2) is 0 Å². The Labute approximate surface area is 364 Å². The average Bonchev–Trinajstić information content (AvgIpc) is 3.36. The van der Waals surface area contributed by atoms with Crippen LogP contribution in [0.2, 0.25) is 0 Å². The van der Waals surface area contributed by atoms with Crippen LogP contribution in [0.4, 0.5) is 34.1 Å². The molecule has 0 saturated carbocycles. The van der Waals surface area contributed by atoms with Crippen molar-refractivity contribution in [3.05, 3.63) is 267 Å². The van der Waals surface area contributed by atoms with Gasteiger partial charge in [0.25, 0.3) is 0 Å². The summed E-state index contributed by atoms with van der Waals surface area (Å²) in [5.41, 5.74) is 18.5. The van der Waals surface area contributed by atoms with E-state index in [1.54, 1.807) is 0 Å². The maximum absolute atomic E-state index is 2.32. The third-order valence-electron chi connectivity index (χ3n) is 11.5. The molecule has 10 aromatic rings. The van der Waals surface area contributed by atoms with Gasteiger partial charge in [-0.05, 0) is 147 Å². The largest absolute Gasteiger partial charge is 0.311 e. The molecule has 294 valence electrons. The van der Waals surface area contributed by atoms with Crippen LogP contribution in [0.3, 0.4) is 0 Å². The molecule has 0 aromatic heterocycles. The molecule has 0 fully saturated rings. The monoisotopic (exact) mass is 792 g/mol. The molecule has 2 nitrogen and oxygen atoms in total. The number of rotatable bonds is 11. The lowest BCUT2D eigenvalue weighted by atomic mass is 9.93. The molecule has 0 bridgehead atoms. The zero-order chi connectivity index (χ0) is 41.5. The van der Waals surface area contributed by atoms with Gasteiger partial charge in [-0.1, -0.05) is 176 Å². The van der Waals surface area contributed by atoms with Crippen molar-refractivity contribution in [1.82, 2.24) is 0 Å². The van der Waals surface area contributed by atoms with Gasteiger partial charge in [-0.2, -0.15) is 0 Å². The van der Waals surface area contributed by atoms with Gasteiger partial charge in [0, 0.05) is 34.1 Å². The molecule has 2 heteroatoms. The molecule has 10 rings (SSSR count). The highest BCUT2D eigenvalue weighted by molar-refractivity contribution is 5.85. The van der Waals surface area contributed by atoms with Gasteiger partial charge in [0.2, 0.25) is 0 Å². The molecule has 0 heterocycles. The van der Waals surface area contributed by atoms with Crippen molar-refractivity contribution in [1.29, 1.82) is 0 Å². The molecule has 10 aromatic carbocycles. The van der Waals surface area contributed by atoms with E-state index >= 15 is 0 Å². The van der Waals surface area contributed by atoms with Gasteiger partial charge >= 0.3 is 0 Å². The highest BCUT2D eigenvalue weighted by Crippen LogP contribution is 2.40. The summed E-state index contributed by atoms with van der Waals surface area (Å²) in [6.45, 7) is 0. The Morgan fingerprint density at radius 1 is 0.145 bits per heavy atom. The summed E-state index contributed by atoms with van der Waals surface area (Å²) in [5, 5.41) is 0. The van der Waals surface area contributed by atoms with E-state index < -0.39 is 0 Å². The third-order valence-corrected chi connectivity index (χ3v) is 11.5. The normalized spacial score (nSPS) is 10.9. The van der Waals surface area contributed by atoms with E-state index in [1.807, 2.05) is 0 Å². The summed E-state index contributed by atoms with van der Waals surface area (Å²) in [6.07, 6.45) is 0. The van der Waals surface area contributed by atoms with Gasteiger partial charge in [0.1, 0.15) is 0 Å². The fraction of sp³-hybridized carbons (Fsp3) is 0. The predicted molar refractivity (Wildman–Crippen MR) is 263 cm³/mol. The third kappa shape index (κ3) is 8.18. The Bertz CT molecular complexity index is 2800. The highest BCUT2D eigenvalue weighted by atomic mass is 15.1. The van der Waals surface area contributed by atoms with Crippen LogP contribution in [0, 0.1) is 0 Å². The van der Waals surface area contributed by atoms with Gasteiger partial charge in [0.05, 0.1) is 0 Å². The van der Waals surface area contributed by atoms with E-state index in [-0.39, 0.29) is 0 Å². The lowest BCUT2D eigenvalue weighted by Crippen LogP contribution is -2.09. The van der Waals surface area contributed by atoms with Crippen LogP contribution >= 0.6 is 0 Å². The summed E-state index contributed by atoms with van der Waals surface area (Å²) in [6, 6.07) is 95.6. The number of hydrogen-bond acceptors (Lipinski definition) is 2. The average molecular weight is 793 g/mol. The van der Waals surface area contributed by atoms with E-state index in [0.29, 0.717) is 0 Å². The van der Waals surface area contributed by atoms with Crippen LogP contribution in [0.1, 0.15) is 0 Å². The first-order chi connectivity index (χ1) is 30.7. The van der Waals surface area contributed by atoms with Gasteiger partial charge in [-0.3, -0.25) is 0 Å². The second kappa shape index (κ2) is 17.6. The maximum Gasteiger partial charge on any atom is 0.0462 e. The molecule has 0 N–H and O–H groups in total. The lowest BCUT2D eigenvalue weighted by molar-refractivity contribution is 1.28. The van der Waals surface area contributed by atoms with E-state index in [4.69, 9.17) is 0 Å². The van der Waals surface area contributed by atoms with Crippen LogP contribution in [0.5, 0.6) is 0 Å². The van der Waals surface area contributed by atoms with Crippen molar-refractivity contribution < 1.29 is 0 Å². The second-order valence-electron chi connectivity index (χ2n) is 15.4. The van der Waals surface area contributed by atoms with Crippen molar-refractivity contribution in [2.45, 2.75) is 0 Å². The maximum atomic E-state index is 2.32. The second-order valence-corrected chi connectivity index (χ2v) is 15.4. The first kappa shape index (κ1) is 38.0. The summed E-state index contributed by atoms with van der Waals surface area (Å²) < 4.78 is 0. The van der Waals surface area contributed by atoms with Crippen molar-refractivity contribution in [2.75, 3.05) is 9.80 Å². The Morgan fingerprint density at radius 2 is 0.323 bits per heavy atom. The summed E-state index contributed by atoms with van der Waals surface area (Å²) in [7, 11) is 0. The number of hydrogen-bond donors (Lipinski definition) is 0. The number of benzene rings is 10. The van der Waals surface area contributed by atoms with Crippen LogP contribution < -0.4 is 9.80 Å². The number of anilines is 6. The first-order valence-electron chi connectivity index (χ1n) is 21.2. The molecule has 0 spiro atoms. The predicted octanol–water partition coefficient (Wildman–Crippen LogP) is 17.0. The Hall–Kier alpha value is -8.20. The Morgan fingerprint density at radius 3 is 0.581 bits per heavy atom. The molecule has 0 amide bonds. The fourth-order valence-corrected chi connectivity index (χ4v) is 8.28. The van der Waals surface area contributed by atoms with Crippen molar-refractivity contribution in [3.63, 3.8) is 0 Å². The van der Waals surface area contributed by atoms with Crippen LogP contribution in [0.25, 0.3) is 55.6 Å². The summed E-state index contributed by atoms with van der Waals surface area (Å²) >= 11 is 0. The van der Waals surface area contributed by atoms with E-state index in [2.05, 4.69) is 277 Å². The van der Waals surface area contributed by atoms with Gasteiger partial charge < -0.3 is 9.80 Å². The Kier molecular flexibility index (Phi) is 10.8. The van der Waals surface area contributed by atoms with Crippen molar-refractivity contribution in [3.8, 4) is 55.6 Å². The van der Waals surface area contributed by atoms with Crippen molar-refractivity contribution in [2.24, 2.45) is 0 Å². The summed E-state index contributed by atoms with van der Waals surface area (Å²) in [4.78, 5) is 4.64. The Balaban J connectivity index is 0.991. The van der Waals surface area contributed by atoms with Crippen LogP contribution in [-0.2, 0) is 0 Å². The molecule has 0 saturated heterocycles. The molecule has 0 aliphatic rings. The minimum atomic E-state index is 1.10. The van der Waals surface area contributed by atoms with E-state index in [1.165, 1.54) is 44.5 Å². The topological polar surface area (TPSA) is 6.48 Å². The van der Waals surface area contributed by atoms with Crippen LogP contribution in [-0.4, -0.2) is 0 Å². The summed E-state index contributed by atoms with van der Waals surface area (Å²) in [5.74, 6) is 0. The minimum absolute atomic E-state index is 1.10. The van der Waals surface area contributed by atoms with Crippen molar-refractivity contribution >= 4 is 34.1 Å². The van der Waals surface area contributed by atoms with E-state index in [0.717, 1.165) is 45.3 Å². The standard InChI is InChI=1S/C60H44N2/c1-6-16-45(17-7-1)48-26-34-57(35-27-48)61(55-22-12-4-13-23-55)59-38-30-50(31-39-59)53-42-52(47-20-10-3-11-21-47)43-54(44-53)51-32-40-60(41-33-51)62(56-24-14-5-15-25-56)58-36-28-49(29-37-58)46-18-8-2-9-19-46/h1-44H. The van der Waals surface area contributed by atoms with E-state index in [9.17, 15) is 0 Å². The SMILES string of the molecule is c1ccc(-c2ccc(N(c3ccccc3)c3ccc(-c4cc(-c5ccccc5)cc(-c5ccc(N(c6ccccc6)c6ccc(-c7ccccc7)cc6)cc5)c4)cc3)cc2)cc1. The quantitative estimate of drug-likeness (QED) is 0.129. The number of para-hydroxylation sites is 2. The lowest BCUT2D eigenvalue weighted by Gasteiger charge is -2.26. The van der Waals surface area contributed by atoms with Gasteiger partial charge in [-0.15, -0.1) is 0 Å². The molecule has 0 radical (unpaired) electrons. The van der Waals surface area contributed by atoms with Gasteiger partial charge in [0.15, 0.2) is 0 Å². The number of nitrogens with zero attached hydrogens (tertiary/aromatic N) is 2. The highest BCUT2D eigenvalue weighted by Gasteiger charge is 2.16.